The van der Waals surface area contributed by atoms with Crippen LogP contribution in [0.2, 0.25) is 0 Å². The second kappa shape index (κ2) is 6.11. The lowest BCUT2D eigenvalue weighted by Gasteiger charge is -2.25. The Balaban J connectivity index is 2.34. The van der Waals surface area contributed by atoms with Crippen LogP contribution in [0, 0.1) is 12.3 Å². The number of piperidine rings is 1. The summed E-state index contributed by atoms with van der Waals surface area (Å²) in [5.74, 6) is 2.49. The van der Waals surface area contributed by atoms with E-state index in [1.165, 1.54) is 4.31 Å². The van der Waals surface area contributed by atoms with Crippen LogP contribution >= 0.6 is 0 Å². The summed E-state index contributed by atoms with van der Waals surface area (Å²) < 4.78 is 27.5. The van der Waals surface area contributed by atoms with E-state index >= 15 is 0 Å². The zero-order valence-corrected chi connectivity index (χ0v) is 9.72. The van der Waals surface area contributed by atoms with E-state index in [1.807, 2.05) is 0 Å². The van der Waals surface area contributed by atoms with Gasteiger partial charge in [-0.2, -0.15) is 12.7 Å². The third kappa shape index (κ3) is 4.20. The van der Waals surface area contributed by atoms with E-state index in [1.54, 1.807) is 0 Å². The smallest absolute Gasteiger partial charge is 0.202 e. The number of nitrogens with zero attached hydrogens (tertiary/aromatic N) is 1. The van der Waals surface area contributed by atoms with Crippen LogP contribution in [0.5, 0.6) is 0 Å². The highest BCUT2D eigenvalue weighted by atomic mass is 32.2. The van der Waals surface area contributed by atoms with Gasteiger partial charge in [0.15, 0.2) is 0 Å². The van der Waals surface area contributed by atoms with E-state index in [2.05, 4.69) is 10.6 Å². The number of rotatable bonds is 5. The molecule has 0 aromatic heterocycles. The van der Waals surface area contributed by atoms with Crippen LogP contribution in [-0.4, -0.2) is 32.4 Å². The average molecular weight is 230 g/mol. The summed E-state index contributed by atoms with van der Waals surface area (Å²) in [6.07, 6.45) is 9.45. The molecule has 0 aliphatic carbocycles. The van der Waals surface area contributed by atoms with Crippen molar-refractivity contribution in [3.63, 3.8) is 0 Å². The molecule has 0 aromatic carbocycles. The first kappa shape index (κ1) is 12.5. The van der Waals surface area contributed by atoms with E-state index in [9.17, 15) is 8.42 Å². The van der Waals surface area contributed by atoms with Crippen molar-refractivity contribution in [2.75, 3.05) is 19.6 Å². The molecule has 1 aliphatic rings. The van der Waals surface area contributed by atoms with Crippen molar-refractivity contribution in [1.82, 2.24) is 9.03 Å². The molecule has 0 radical (unpaired) electrons. The van der Waals surface area contributed by atoms with Gasteiger partial charge in [-0.15, -0.1) is 12.3 Å². The molecule has 0 aromatic rings. The number of hydrogen-bond donors (Lipinski definition) is 1. The summed E-state index contributed by atoms with van der Waals surface area (Å²) in [4.78, 5) is 0. The SMILES string of the molecule is C#CCCCNS(=O)(=O)N1CCCCC1. The molecule has 0 amide bonds. The summed E-state index contributed by atoms with van der Waals surface area (Å²) in [7, 11) is -3.25. The van der Waals surface area contributed by atoms with Gasteiger partial charge >= 0.3 is 0 Å². The van der Waals surface area contributed by atoms with Crippen molar-refractivity contribution in [1.29, 1.82) is 0 Å². The number of hydrogen-bond acceptors (Lipinski definition) is 2. The first-order valence-electron chi connectivity index (χ1n) is 5.35. The highest BCUT2D eigenvalue weighted by Gasteiger charge is 2.22. The quantitative estimate of drug-likeness (QED) is 0.559. The highest BCUT2D eigenvalue weighted by molar-refractivity contribution is 7.87. The Morgan fingerprint density at radius 3 is 2.53 bits per heavy atom. The number of terminal acetylenes is 1. The maximum Gasteiger partial charge on any atom is 0.279 e. The zero-order chi connectivity index (χ0) is 11.1. The van der Waals surface area contributed by atoms with Gasteiger partial charge < -0.3 is 0 Å². The molecule has 1 fully saturated rings. The fourth-order valence-corrected chi connectivity index (χ4v) is 2.91. The largest absolute Gasteiger partial charge is 0.279 e. The molecule has 1 heterocycles. The lowest BCUT2D eigenvalue weighted by atomic mass is 10.2. The van der Waals surface area contributed by atoms with E-state index in [0.717, 1.165) is 19.3 Å². The molecule has 1 aliphatic heterocycles. The Kier molecular flexibility index (Phi) is 5.09. The molecule has 15 heavy (non-hydrogen) atoms. The normalized spacial score (nSPS) is 18.6. The molecule has 86 valence electrons. The minimum absolute atomic E-state index is 0.434. The minimum Gasteiger partial charge on any atom is -0.202 e. The Hall–Kier alpha value is -0.570. The minimum atomic E-state index is -3.25. The predicted octanol–water partition coefficient (Wildman–Crippen LogP) is 0.720. The van der Waals surface area contributed by atoms with Crippen LogP contribution in [-0.2, 0) is 10.2 Å². The number of nitrogens with one attached hydrogen (secondary N) is 1. The van der Waals surface area contributed by atoms with Crippen molar-refractivity contribution in [2.24, 2.45) is 0 Å². The average Bonchev–Trinajstić information content (AvgIpc) is 2.26. The first-order valence-corrected chi connectivity index (χ1v) is 6.79. The summed E-state index contributed by atoms with van der Waals surface area (Å²) >= 11 is 0. The van der Waals surface area contributed by atoms with Gasteiger partial charge in [0.05, 0.1) is 0 Å². The van der Waals surface area contributed by atoms with Crippen molar-refractivity contribution in [2.45, 2.75) is 32.1 Å². The van der Waals surface area contributed by atoms with Crippen LogP contribution in [0.3, 0.4) is 0 Å². The van der Waals surface area contributed by atoms with Crippen molar-refractivity contribution in [3.8, 4) is 12.3 Å². The molecule has 5 heteroatoms. The second-order valence-corrected chi connectivity index (χ2v) is 5.42. The molecule has 1 rings (SSSR count). The Morgan fingerprint density at radius 1 is 1.27 bits per heavy atom. The van der Waals surface area contributed by atoms with Gasteiger partial charge in [0.2, 0.25) is 0 Å². The summed E-state index contributed by atoms with van der Waals surface area (Å²) in [6.45, 7) is 1.72. The standard InChI is InChI=1S/C10H18N2O2S/c1-2-3-5-8-11-15(13,14)12-9-6-4-7-10-12/h1,11H,3-10H2. The third-order valence-electron chi connectivity index (χ3n) is 2.44. The van der Waals surface area contributed by atoms with Gasteiger partial charge in [-0.3, -0.25) is 0 Å². The maximum absolute atomic E-state index is 11.7. The molecule has 0 unspecified atom stereocenters. The number of unbranched alkanes of at least 4 members (excludes halogenated alkanes) is 1. The molecular weight excluding hydrogens is 212 g/mol. The van der Waals surface area contributed by atoms with Gasteiger partial charge in [-0.05, 0) is 19.3 Å². The molecule has 0 saturated carbocycles. The van der Waals surface area contributed by atoms with Gasteiger partial charge in [0.1, 0.15) is 0 Å². The zero-order valence-electron chi connectivity index (χ0n) is 8.91. The van der Waals surface area contributed by atoms with Crippen LogP contribution in [0.25, 0.3) is 0 Å². The molecule has 1 saturated heterocycles. The molecule has 0 atom stereocenters. The maximum atomic E-state index is 11.7. The van der Waals surface area contributed by atoms with Gasteiger partial charge in [-0.25, -0.2) is 4.72 Å². The lowest BCUT2D eigenvalue weighted by molar-refractivity contribution is 0.341. The molecule has 1 N–H and O–H groups in total. The summed E-state index contributed by atoms with van der Waals surface area (Å²) in [5.41, 5.74) is 0. The molecule has 0 spiro atoms. The van der Waals surface area contributed by atoms with Crippen LogP contribution in [0.15, 0.2) is 0 Å². The van der Waals surface area contributed by atoms with E-state index in [0.29, 0.717) is 32.5 Å². The second-order valence-electron chi connectivity index (χ2n) is 3.67. The fraction of sp³-hybridized carbons (Fsp3) is 0.800. The van der Waals surface area contributed by atoms with E-state index in [4.69, 9.17) is 6.42 Å². The monoisotopic (exact) mass is 230 g/mol. The van der Waals surface area contributed by atoms with E-state index in [-0.39, 0.29) is 0 Å². The topological polar surface area (TPSA) is 49.4 Å². The first-order chi connectivity index (χ1) is 7.17. The van der Waals surface area contributed by atoms with Gasteiger partial charge in [0.25, 0.3) is 10.2 Å². The van der Waals surface area contributed by atoms with Crippen molar-refractivity contribution in [3.05, 3.63) is 0 Å². The third-order valence-corrected chi connectivity index (χ3v) is 4.05. The van der Waals surface area contributed by atoms with Gasteiger partial charge in [-0.1, -0.05) is 6.42 Å². The van der Waals surface area contributed by atoms with E-state index < -0.39 is 10.2 Å². The van der Waals surface area contributed by atoms with Crippen molar-refractivity contribution >= 4 is 10.2 Å². The molecule has 4 nitrogen and oxygen atoms in total. The van der Waals surface area contributed by atoms with Crippen LogP contribution in [0.4, 0.5) is 0 Å². The fourth-order valence-electron chi connectivity index (χ4n) is 1.59. The Labute approximate surface area is 92.2 Å². The predicted molar refractivity (Wildman–Crippen MR) is 60.4 cm³/mol. The van der Waals surface area contributed by atoms with Crippen LogP contribution in [0.1, 0.15) is 32.1 Å². The lowest BCUT2D eigenvalue weighted by Crippen LogP contribution is -2.43. The summed E-state index contributed by atoms with van der Waals surface area (Å²) in [6, 6.07) is 0. The van der Waals surface area contributed by atoms with Crippen LogP contribution < -0.4 is 4.72 Å². The Morgan fingerprint density at radius 2 is 1.93 bits per heavy atom. The highest BCUT2D eigenvalue weighted by Crippen LogP contribution is 2.11. The van der Waals surface area contributed by atoms with Gasteiger partial charge in [0, 0.05) is 26.1 Å². The Bertz CT molecular complexity index is 313. The summed E-state index contributed by atoms with van der Waals surface area (Å²) in [5, 5.41) is 0. The molecule has 0 bridgehead atoms. The van der Waals surface area contributed by atoms with Crippen molar-refractivity contribution < 1.29 is 8.42 Å². The molecular formula is C10H18N2O2S.